The van der Waals surface area contributed by atoms with E-state index in [1.165, 1.54) is 0 Å². The summed E-state index contributed by atoms with van der Waals surface area (Å²) in [6.07, 6.45) is 1.22. The Bertz CT molecular complexity index is 948. The molecule has 0 unspecified atom stereocenters. The van der Waals surface area contributed by atoms with Crippen molar-refractivity contribution in [3.05, 3.63) is 65.2 Å². The molecule has 1 fully saturated rings. The number of benzene rings is 2. The van der Waals surface area contributed by atoms with Gasteiger partial charge in [0.15, 0.2) is 0 Å². The van der Waals surface area contributed by atoms with Gasteiger partial charge in [0.05, 0.1) is 22.7 Å². The molecule has 0 aromatic heterocycles. The first-order valence-electron chi connectivity index (χ1n) is 9.07. The first-order chi connectivity index (χ1) is 13.5. The highest BCUT2D eigenvalue weighted by Crippen LogP contribution is 2.28. The van der Waals surface area contributed by atoms with Crippen LogP contribution in [-0.4, -0.2) is 46.8 Å². The molecule has 0 aliphatic carbocycles. The minimum Gasteiger partial charge on any atom is -0.481 e. The number of amides is 3. The topological polar surface area (TPSA) is 95.0 Å². The van der Waals surface area contributed by atoms with Gasteiger partial charge in [-0.15, -0.1) is 0 Å². The van der Waals surface area contributed by atoms with Gasteiger partial charge in [0, 0.05) is 18.7 Å². The minimum absolute atomic E-state index is 0.189. The Morgan fingerprint density at radius 2 is 1.54 bits per heavy atom. The maximum absolute atomic E-state index is 12.7. The lowest BCUT2D eigenvalue weighted by Gasteiger charge is -2.30. The van der Waals surface area contributed by atoms with Gasteiger partial charge in [-0.2, -0.15) is 0 Å². The Hall–Kier alpha value is -3.48. The Balaban J connectivity index is 1.53. The summed E-state index contributed by atoms with van der Waals surface area (Å²) in [6, 6.07) is 12.9. The number of nitrogens with zero attached hydrogens (tertiary/aromatic N) is 2. The van der Waals surface area contributed by atoms with E-state index in [9.17, 15) is 24.3 Å². The molecule has 1 saturated heterocycles. The fourth-order valence-electron chi connectivity index (χ4n) is 3.72. The first-order valence-corrected chi connectivity index (χ1v) is 9.07. The van der Waals surface area contributed by atoms with Gasteiger partial charge in [-0.1, -0.05) is 12.1 Å². The van der Waals surface area contributed by atoms with Crippen molar-refractivity contribution in [1.82, 2.24) is 4.90 Å². The van der Waals surface area contributed by atoms with Crippen molar-refractivity contribution in [2.45, 2.75) is 12.8 Å². The molecule has 1 N–H and O–H groups in total. The van der Waals surface area contributed by atoms with Crippen LogP contribution in [0.3, 0.4) is 0 Å². The van der Waals surface area contributed by atoms with Gasteiger partial charge in [0.25, 0.3) is 17.7 Å². The van der Waals surface area contributed by atoms with Crippen LogP contribution < -0.4 is 4.90 Å². The lowest BCUT2D eigenvalue weighted by atomic mass is 9.97. The molecular formula is C21H18N2O5. The summed E-state index contributed by atoms with van der Waals surface area (Å²) in [4.78, 5) is 51.6. The molecule has 0 saturated carbocycles. The highest BCUT2D eigenvalue weighted by atomic mass is 16.4. The van der Waals surface area contributed by atoms with Crippen LogP contribution in [0, 0.1) is 5.92 Å². The fraction of sp³-hybridized carbons (Fsp3) is 0.238. The molecule has 3 amide bonds. The van der Waals surface area contributed by atoms with E-state index in [1.807, 2.05) is 0 Å². The van der Waals surface area contributed by atoms with Crippen molar-refractivity contribution in [2.24, 2.45) is 5.92 Å². The number of carboxylic acids is 1. The molecule has 7 heteroatoms. The van der Waals surface area contributed by atoms with Crippen LogP contribution in [-0.2, 0) is 4.79 Å². The molecule has 0 spiro atoms. The summed E-state index contributed by atoms with van der Waals surface area (Å²) in [5.74, 6) is -2.46. The summed E-state index contributed by atoms with van der Waals surface area (Å²) in [5, 5.41) is 9.18. The van der Waals surface area contributed by atoms with Crippen LogP contribution in [0.2, 0.25) is 0 Å². The highest BCUT2D eigenvalue weighted by Gasteiger charge is 2.36. The summed E-state index contributed by atoms with van der Waals surface area (Å²) < 4.78 is 0. The lowest BCUT2D eigenvalue weighted by Crippen LogP contribution is -2.42. The van der Waals surface area contributed by atoms with Crippen LogP contribution in [0.1, 0.15) is 43.9 Å². The molecule has 28 heavy (non-hydrogen) atoms. The molecular weight excluding hydrogens is 360 g/mol. The van der Waals surface area contributed by atoms with E-state index < -0.39 is 11.9 Å². The normalized spacial score (nSPS) is 18.9. The van der Waals surface area contributed by atoms with Crippen molar-refractivity contribution >= 4 is 29.4 Å². The zero-order valence-corrected chi connectivity index (χ0v) is 15.0. The molecule has 2 aromatic carbocycles. The average molecular weight is 378 g/mol. The fourth-order valence-corrected chi connectivity index (χ4v) is 3.72. The van der Waals surface area contributed by atoms with Crippen LogP contribution in [0.25, 0.3) is 0 Å². The van der Waals surface area contributed by atoms with E-state index in [-0.39, 0.29) is 24.3 Å². The van der Waals surface area contributed by atoms with E-state index >= 15 is 0 Å². The number of carbonyl (C=O) groups excluding carboxylic acids is 3. The van der Waals surface area contributed by atoms with Gasteiger partial charge < -0.3 is 10.0 Å². The van der Waals surface area contributed by atoms with Gasteiger partial charge in [0.1, 0.15) is 0 Å². The van der Waals surface area contributed by atoms with Gasteiger partial charge in [-0.25, -0.2) is 4.90 Å². The number of hydrogen-bond acceptors (Lipinski definition) is 4. The number of hydrogen-bond donors (Lipinski definition) is 1. The third-order valence-corrected chi connectivity index (χ3v) is 5.22. The summed E-state index contributed by atoms with van der Waals surface area (Å²) in [6.45, 7) is 0.705. The molecule has 1 atom stereocenters. The SMILES string of the molecule is O=C(O)[C@H]1CCCN(C(=O)c2ccc(N3C(=O)c4ccccc4C3=O)cc2)C1. The Kier molecular flexibility index (Phi) is 4.43. The van der Waals surface area contributed by atoms with Crippen molar-refractivity contribution in [2.75, 3.05) is 18.0 Å². The number of carbonyl (C=O) groups is 4. The Labute approximate surface area is 161 Å². The second kappa shape index (κ2) is 6.92. The van der Waals surface area contributed by atoms with Gasteiger partial charge in [0.2, 0.25) is 0 Å². The summed E-state index contributed by atoms with van der Waals surface area (Å²) in [5.41, 5.74) is 1.51. The van der Waals surface area contributed by atoms with Gasteiger partial charge >= 0.3 is 5.97 Å². The molecule has 7 nitrogen and oxygen atoms in total. The molecule has 2 heterocycles. The number of aliphatic carboxylic acids is 1. The van der Waals surface area contributed by atoms with E-state index in [2.05, 4.69) is 0 Å². The molecule has 142 valence electrons. The zero-order chi connectivity index (χ0) is 19.8. The van der Waals surface area contributed by atoms with E-state index in [1.54, 1.807) is 53.4 Å². The van der Waals surface area contributed by atoms with Crippen LogP contribution in [0.4, 0.5) is 5.69 Å². The second-order valence-electron chi connectivity index (χ2n) is 6.97. The number of likely N-dealkylation sites (tertiary alicyclic amines) is 1. The van der Waals surface area contributed by atoms with Crippen molar-refractivity contribution in [3.8, 4) is 0 Å². The molecule has 2 aliphatic rings. The van der Waals surface area contributed by atoms with Crippen molar-refractivity contribution < 1.29 is 24.3 Å². The van der Waals surface area contributed by atoms with Gasteiger partial charge in [-0.3, -0.25) is 19.2 Å². The Morgan fingerprint density at radius 3 is 2.11 bits per heavy atom. The Morgan fingerprint density at radius 1 is 0.929 bits per heavy atom. The lowest BCUT2D eigenvalue weighted by molar-refractivity contribution is -0.143. The molecule has 2 aromatic rings. The van der Waals surface area contributed by atoms with Crippen molar-refractivity contribution in [1.29, 1.82) is 0 Å². The molecule has 2 aliphatic heterocycles. The minimum atomic E-state index is -0.890. The number of imide groups is 1. The molecule has 4 rings (SSSR count). The molecule has 0 bridgehead atoms. The average Bonchev–Trinajstić information content (AvgIpc) is 2.98. The number of rotatable bonds is 3. The van der Waals surface area contributed by atoms with E-state index in [0.717, 1.165) is 4.90 Å². The smallest absolute Gasteiger partial charge is 0.308 e. The predicted octanol–water partition coefficient (Wildman–Crippen LogP) is 2.42. The monoisotopic (exact) mass is 378 g/mol. The molecule has 0 radical (unpaired) electrons. The third-order valence-electron chi connectivity index (χ3n) is 5.22. The first kappa shape index (κ1) is 17.9. The largest absolute Gasteiger partial charge is 0.481 e. The second-order valence-corrected chi connectivity index (χ2v) is 6.97. The number of carboxylic acid groups (broad SMARTS) is 1. The zero-order valence-electron chi connectivity index (χ0n) is 15.0. The van der Waals surface area contributed by atoms with E-state index in [0.29, 0.717) is 41.8 Å². The summed E-state index contributed by atoms with van der Waals surface area (Å²) >= 11 is 0. The van der Waals surface area contributed by atoms with E-state index in [4.69, 9.17) is 0 Å². The maximum atomic E-state index is 12.7. The maximum Gasteiger partial charge on any atom is 0.308 e. The van der Waals surface area contributed by atoms with Crippen LogP contribution in [0.5, 0.6) is 0 Å². The van der Waals surface area contributed by atoms with Gasteiger partial charge in [-0.05, 0) is 49.2 Å². The highest BCUT2D eigenvalue weighted by molar-refractivity contribution is 6.34. The van der Waals surface area contributed by atoms with Crippen LogP contribution in [0.15, 0.2) is 48.5 Å². The number of piperidine rings is 1. The standard InChI is InChI=1S/C21H18N2O5/c24-18(22-11-3-4-14(12-22)21(27)28)13-7-9-15(10-8-13)23-19(25)16-5-1-2-6-17(16)20(23)26/h1-2,5-10,14H,3-4,11-12H2,(H,27,28)/t14-/m0/s1. The summed E-state index contributed by atoms with van der Waals surface area (Å²) in [7, 11) is 0. The quantitative estimate of drug-likeness (QED) is 0.828. The number of anilines is 1. The number of fused-ring (bicyclic) bond motifs is 1. The van der Waals surface area contributed by atoms with Crippen LogP contribution >= 0.6 is 0 Å². The van der Waals surface area contributed by atoms with Crippen molar-refractivity contribution in [3.63, 3.8) is 0 Å². The third kappa shape index (κ3) is 2.94. The predicted molar refractivity (Wildman–Crippen MR) is 100 cm³/mol.